The van der Waals surface area contributed by atoms with E-state index in [9.17, 15) is 9.59 Å². The van der Waals surface area contributed by atoms with Crippen molar-refractivity contribution in [3.05, 3.63) is 48.0 Å². The highest BCUT2D eigenvalue weighted by Gasteiger charge is 2.44. The first-order valence-corrected chi connectivity index (χ1v) is 13.0. The molecule has 1 aliphatic rings. The molecule has 1 fully saturated rings. The first kappa shape index (κ1) is 26.4. The maximum absolute atomic E-state index is 13.6. The number of nitrogens with one attached hydrogen (secondary N) is 5. The second kappa shape index (κ2) is 11.6. The van der Waals surface area contributed by atoms with E-state index in [1.165, 1.54) is 0 Å². The van der Waals surface area contributed by atoms with E-state index in [4.69, 9.17) is 10.3 Å². The van der Waals surface area contributed by atoms with E-state index in [1.54, 1.807) is 0 Å². The number of benzene rings is 2. The second-order valence-corrected chi connectivity index (χ2v) is 10.5. The zero-order valence-corrected chi connectivity index (χ0v) is 21.7. The number of hydrazine groups is 3. The summed E-state index contributed by atoms with van der Waals surface area (Å²) in [7, 11) is 0. The van der Waals surface area contributed by atoms with Gasteiger partial charge in [-0.2, -0.15) is 23.7 Å². The Bertz CT molecular complexity index is 1210. The summed E-state index contributed by atoms with van der Waals surface area (Å²) in [5, 5.41) is 7.88. The molecule has 2 aromatic carbocycles. The molecule has 0 spiro atoms. The first-order chi connectivity index (χ1) is 17.3. The fourth-order valence-electron chi connectivity index (χ4n) is 4.90. The van der Waals surface area contributed by atoms with E-state index in [0.717, 1.165) is 40.3 Å². The summed E-state index contributed by atoms with van der Waals surface area (Å²) in [5.74, 6) is 5.01. The smallest absolute Gasteiger partial charge is 0.246 e. The number of nitrogens with two attached hydrogens (primary N) is 1. The van der Waals surface area contributed by atoms with Crippen LogP contribution in [0.2, 0.25) is 0 Å². The number of para-hydroxylation sites is 1. The summed E-state index contributed by atoms with van der Waals surface area (Å²) in [4.78, 5) is 26.4. The van der Waals surface area contributed by atoms with Crippen molar-refractivity contribution in [3.63, 3.8) is 0 Å². The highest BCUT2D eigenvalue weighted by atomic mass is 32.1. The molecular weight excluding hydrogens is 476 g/mol. The summed E-state index contributed by atoms with van der Waals surface area (Å²) in [6.07, 6.45) is 3.55. The Hall–Kier alpha value is -2.63. The van der Waals surface area contributed by atoms with Gasteiger partial charge in [-0.05, 0) is 42.9 Å². The monoisotopic (exact) mass is 512 g/mol. The molecule has 0 radical (unpaired) electrons. The van der Waals surface area contributed by atoms with Crippen LogP contribution in [0.5, 0.6) is 0 Å². The molecule has 1 saturated carbocycles. The van der Waals surface area contributed by atoms with Crippen LogP contribution >= 0.6 is 12.6 Å². The topological polar surface area (TPSA) is 133 Å². The van der Waals surface area contributed by atoms with E-state index < -0.39 is 10.8 Å². The normalized spacial score (nSPS) is 16.9. The Morgan fingerprint density at radius 2 is 1.81 bits per heavy atom. The van der Waals surface area contributed by atoms with Crippen molar-refractivity contribution in [2.75, 3.05) is 6.54 Å². The molecule has 2 amide bonds. The standard InChI is InChI=1S/C26H36N6O3S/c1-16(2)23(36)24(33)30-26(11-5-6-12-26)25(34)29-18(15-28-32-31-27)13-17-9-10-20-19-7-3-4-8-21(19)35-22(20)14-17/h3-4,7-10,14,16,18,23,28,31-32,36H,5-6,11-13,15,27H2,1-2H3,(H,29,34)(H,30,33). The average Bonchev–Trinajstić information content (AvgIpc) is 3.48. The number of hydrogen-bond acceptors (Lipinski definition) is 8. The van der Waals surface area contributed by atoms with Gasteiger partial charge in [0.1, 0.15) is 16.7 Å². The predicted octanol–water partition coefficient (Wildman–Crippen LogP) is 2.47. The molecular formula is C26H36N6O3S. The number of thiol groups is 1. The van der Waals surface area contributed by atoms with Crippen LogP contribution < -0.4 is 33.0 Å². The van der Waals surface area contributed by atoms with E-state index in [2.05, 4.69) is 51.9 Å². The Balaban J connectivity index is 1.52. The van der Waals surface area contributed by atoms with Gasteiger partial charge >= 0.3 is 0 Å². The van der Waals surface area contributed by atoms with E-state index in [-0.39, 0.29) is 23.8 Å². The van der Waals surface area contributed by atoms with Crippen LogP contribution in [-0.2, 0) is 16.0 Å². The van der Waals surface area contributed by atoms with Crippen molar-refractivity contribution in [1.82, 2.24) is 27.1 Å². The predicted molar refractivity (Wildman–Crippen MR) is 145 cm³/mol. The lowest BCUT2D eigenvalue weighted by Crippen LogP contribution is -2.62. The molecule has 1 aliphatic carbocycles. The maximum atomic E-state index is 13.6. The van der Waals surface area contributed by atoms with Crippen molar-refractivity contribution in [2.45, 2.75) is 62.8 Å². The molecule has 7 N–H and O–H groups in total. The van der Waals surface area contributed by atoms with Gasteiger partial charge in [-0.15, -0.1) is 0 Å². The largest absolute Gasteiger partial charge is 0.456 e. The van der Waals surface area contributed by atoms with Gasteiger partial charge in [0.2, 0.25) is 11.8 Å². The Kier molecular flexibility index (Phi) is 8.53. The lowest BCUT2D eigenvalue weighted by Gasteiger charge is -2.33. The van der Waals surface area contributed by atoms with Crippen molar-refractivity contribution < 1.29 is 14.0 Å². The molecule has 9 nitrogen and oxygen atoms in total. The minimum atomic E-state index is -0.923. The third-order valence-corrected chi connectivity index (χ3v) is 7.75. The van der Waals surface area contributed by atoms with E-state index >= 15 is 0 Å². The molecule has 10 heteroatoms. The first-order valence-electron chi connectivity index (χ1n) is 12.5. The van der Waals surface area contributed by atoms with Gasteiger partial charge in [0, 0.05) is 23.4 Å². The highest BCUT2D eigenvalue weighted by Crippen LogP contribution is 2.32. The fraction of sp³-hybridized carbons (Fsp3) is 0.462. The second-order valence-electron chi connectivity index (χ2n) is 9.92. The molecule has 3 aromatic rings. The van der Waals surface area contributed by atoms with Gasteiger partial charge in [-0.3, -0.25) is 15.4 Å². The number of amides is 2. The summed E-state index contributed by atoms with van der Waals surface area (Å²) < 4.78 is 6.04. The van der Waals surface area contributed by atoms with Crippen LogP contribution in [0, 0.1) is 5.92 Å². The zero-order valence-electron chi connectivity index (χ0n) is 20.8. The van der Waals surface area contributed by atoms with Crippen LogP contribution in [0.25, 0.3) is 21.9 Å². The lowest BCUT2D eigenvalue weighted by molar-refractivity contribution is -0.134. The molecule has 0 saturated heterocycles. The third-order valence-electron chi connectivity index (χ3n) is 6.92. The highest BCUT2D eigenvalue weighted by molar-refractivity contribution is 7.81. The number of carbonyl (C=O) groups excluding carboxylic acids is 2. The summed E-state index contributed by atoms with van der Waals surface area (Å²) >= 11 is 4.45. The number of fused-ring (bicyclic) bond motifs is 3. The maximum Gasteiger partial charge on any atom is 0.246 e. The Morgan fingerprint density at radius 3 is 2.53 bits per heavy atom. The number of carbonyl (C=O) groups is 2. The summed E-state index contributed by atoms with van der Waals surface area (Å²) in [6.45, 7) is 4.29. The van der Waals surface area contributed by atoms with Crippen molar-refractivity contribution >= 4 is 46.4 Å². The number of rotatable bonds is 11. The summed E-state index contributed by atoms with van der Waals surface area (Å²) in [6, 6.07) is 13.8. The van der Waals surface area contributed by atoms with Crippen LogP contribution in [0.15, 0.2) is 46.9 Å². The molecule has 4 rings (SSSR count). The van der Waals surface area contributed by atoms with Gasteiger partial charge in [-0.1, -0.05) is 57.0 Å². The van der Waals surface area contributed by atoms with Crippen LogP contribution in [0.4, 0.5) is 0 Å². The number of furan rings is 1. The quantitative estimate of drug-likeness (QED) is 0.0908. The molecule has 1 heterocycles. The SMILES string of the molecule is CC(C)C(S)C(=O)NC1(C(=O)NC(CNNNN)Cc2ccc3c(c2)oc2ccccc23)CCCC1. The zero-order chi connectivity index (χ0) is 25.7. The van der Waals surface area contributed by atoms with Gasteiger partial charge in [0.15, 0.2) is 0 Å². The van der Waals surface area contributed by atoms with Gasteiger partial charge in [0.25, 0.3) is 0 Å². The molecule has 194 valence electrons. The van der Waals surface area contributed by atoms with Crippen LogP contribution in [-0.4, -0.2) is 35.2 Å². The van der Waals surface area contributed by atoms with E-state index in [0.29, 0.717) is 25.8 Å². The molecule has 36 heavy (non-hydrogen) atoms. The molecule has 0 aliphatic heterocycles. The fourth-order valence-corrected chi connectivity index (χ4v) is 4.97. The Morgan fingerprint density at radius 1 is 1.08 bits per heavy atom. The van der Waals surface area contributed by atoms with Crippen LogP contribution in [0.1, 0.15) is 45.1 Å². The summed E-state index contributed by atoms with van der Waals surface area (Å²) in [5.41, 5.74) is 9.71. The van der Waals surface area contributed by atoms with Gasteiger partial charge < -0.3 is 15.1 Å². The average molecular weight is 513 g/mol. The van der Waals surface area contributed by atoms with Gasteiger partial charge in [0.05, 0.1) is 5.25 Å². The minimum absolute atomic E-state index is 0.0646. The lowest BCUT2D eigenvalue weighted by atomic mass is 9.94. The Labute approximate surface area is 216 Å². The van der Waals surface area contributed by atoms with Crippen molar-refractivity contribution in [1.29, 1.82) is 0 Å². The van der Waals surface area contributed by atoms with Crippen LogP contribution in [0.3, 0.4) is 0 Å². The molecule has 1 aromatic heterocycles. The third kappa shape index (κ3) is 5.84. The van der Waals surface area contributed by atoms with Gasteiger partial charge in [-0.25, -0.2) is 5.43 Å². The van der Waals surface area contributed by atoms with Crippen molar-refractivity contribution in [3.8, 4) is 0 Å². The molecule has 2 unspecified atom stereocenters. The molecule has 0 bridgehead atoms. The molecule has 2 atom stereocenters. The number of hydrogen-bond donors (Lipinski definition) is 7. The van der Waals surface area contributed by atoms with Crippen molar-refractivity contribution in [2.24, 2.45) is 11.8 Å². The minimum Gasteiger partial charge on any atom is -0.456 e. The van der Waals surface area contributed by atoms with E-state index in [1.807, 2.05) is 44.2 Å².